The van der Waals surface area contributed by atoms with E-state index in [1.807, 2.05) is 60.7 Å². The quantitative estimate of drug-likeness (QED) is 0.309. The third-order valence-corrected chi connectivity index (χ3v) is 4.44. The van der Waals surface area contributed by atoms with Crippen LogP contribution in [0.2, 0.25) is 0 Å². The fraction of sp³-hybridized carbons (Fsp3) is 0.350. The molecule has 1 saturated heterocycles. The maximum absolute atomic E-state index is 12.2. The van der Waals surface area contributed by atoms with Gasteiger partial charge in [-0.3, -0.25) is 4.79 Å². The van der Waals surface area contributed by atoms with Gasteiger partial charge < -0.3 is 19.3 Å². The van der Waals surface area contributed by atoms with Crippen LogP contribution in [0.5, 0.6) is 0 Å². The number of benzene rings is 2. The highest BCUT2D eigenvalue weighted by Crippen LogP contribution is 2.27. The number of carbonyl (C=O) groups is 1. The second-order valence-corrected chi connectivity index (χ2v) is 6.33. The molecular weight excluding hydrogens is 362 g/mol. The zero-order valence-electron chi connectivity index (χ0n) is 15.1. The van der Waals surface area contributed by atoms with Crippen molar-refractivity contribution in [2.75, 3.05) is 6.61 Å². The van der Waals surface area contributed by atoms with E-state index >= 15 is 0 Å². The van der Waals surface area contributed by atoms with Gasteiger partial charge in [0.1, 0.15) is 12.2 Å². The second kappa shape index (κ2) is 9.87. The van der Waals surface area contributed by atoms with Crippen molar-refractivity contribution in [1.29, 1.82) is 0 Å². The molecule has 28 heavy (non-hydrogen) atoms. The average Bonchev–Trinajstić information content (AvgIpc) is 3.04. The van der Waals surface area contributed by atoms with Crippen molar-refractivity contribution in [3.05, 3.63) is 82.2 Å². The Bertz CT molecular complexity index is 811. The van der Waals surface area contributed by atoms with Crippen LogP contribution in [-0.2, 0) is 32.2 Å². The Morgan fingerprint density at radius 3 is 2.25 bits per heavy atom. The summed E-state index contributed by atoms with van der Waals surface area (Å²) >= 11 is 0. The van der Waals surface area contributed by atoms with Crippen LogP contribution in [0.1, 0.15) is 11.1 Å². The molecule has 0 aliphatic carbocycles. The van der Waals surface area contributed by atoms with Gasteiger partial charge in [0.05, 0.1) is 19.8 Å². The molecule has 1 aliphatic heterocycles. The molecule has 1 heterocycles. The van der Waals surface area contributed by atoms with Gasteiger partial charge in [-0.05, 0) is 16.7 Å². The lowest BCUT2D eigenvalue weighted by Crippen LogP contribution is -2.43. The van der Waals surface area contributed by atoms with Crippen LogP contribution in [0.3, 0.4) is 0 Å². The third kappa shape index (κ3) is 4.88. The van der Waals surface area contributed by atoms with E-state index in [0.717, 1.165) is 11.1 Å². The minimum Gasteiger partial charge on any atom is -0.456 e. The first kappa shape index (κ1) is 19.9. The van der Waals surface area contributed by atoms with Crippen LogP contribution in [0.4, 0.5) is 0 Å². The number of nitrogens with zero attached hydrogens (tertiary/aromatic N) is 3. The molecule has 2 aromatic rings. The van der Waals surface area contributed by atoms with Crippen molar-refractivity contribution in [3.63, 3.8) is 0 Å². The highest BCUT2D eigenvalue weighted by Gasteiger charge is 2.49. The van der Waals surface area contributed by atoms with E-state index in [4.69, 9.17) is 19.7 Å². The maximum atomic E-state index is 12.2. The smallest absolute Gasteiger partial charge is 0.318 e. The van der Waals surface area contributed by atoms with Gasteiger partial charge in [-0.2, -0.15) is 0 Å². The Balaban J connectivity index is 1.72. The number of aliphatic hydroxyl groups excluding tert-OH is 1. The number of azide groups is 1. The summed E-state index contributed by atoms with van der Waals surface area (Å²) in [4.78, 5) is 14.9. The van der Waals surface area contributed by atoms with E-state index in [-0.39, 0.29) is 19.8 Å². The molecule has 3 rings (SSSR count). The highest BCUT2D eigenvalue weighted by molar-refractivity contribution is 5.79. The molecule has 0 unspecified atom stereocenters. The number of carbonyl (C=O) groups excluding carboxylic acids is 1. The molecule has 1 aliphatic rings. The molecule has 8 heteroatoms. The van der Waals surface area contributed by atoms with E-state index < -0.39 is 30.3 Å². The van der Waals surface area contributed by atoms with Crippen LogP contribution >= 0.6 is 0 Å². The molecular formula is C20H21N3O5. The van der Waals surface area contributed by atoms with Gasteiger partial charge in [0, 0.05) is 4.91 Å². The molecule has 4 atom stereocenters. The van der Waals surface area contributed by atoms with Crippen molar-refractivity contribution < 1.29 is 24.1 Å². The molecule has 0 radical (unpaired) electrons. The first-order valence-electron chi connectivity index (χ1n) is 8.89. The lowest BCUT2D eigenvalue weighted by atomic mass is 10.0. The van der Waals surface area contributed by atoms with Gasteiger partial charge in [-0.25, -0.2) is 0 Å². The Kier molecular flexibility index (Phi) is 7.00. The van der Waals surface area contributed by atoms with Gasteiger partial charge in [0.25, 0.3) is 0 Å². The zero-order valence-corrected chi connectivity index (χ0v) is 15.1. The van der Waals surface area contributed by atoms with E-state index in [9.17, 15) is 9.90 Å². The Labute approximate surface area is 162 Å². The minimum absolute atomic E-state index is 0.201. The second-order valence-electron chi connectivity index (χ2n) is 6.33. The predicted octanol–water partition coefficient (Wildman–Crippen LogP) is 2.75. The molecule has 0 aromatic heterocycles. The first-order chi connectivity index (χ1) is 13.7. The van der Waals surface area contributed by atoms with Gasteiger partial charge in [-0.1, -0.05) is 65.8 Å². The van der Waals surface area contributed by atoms with E-state index in [2.05, 4.69) is 10.0 Å². The number of rotatable bonds is 9. The molecule has 0 saturated carbocycles. The van der Waals surface area contributed by atoms with Crippen LogP contribution in [0.15, 0.2) is 65.8 Å². The number of aliphatic hydroxyl groups is 1. The van der Waals surface area contributed by atoms with Gasteiger partial charge >= 0.3 is 5.97 Å². The number of esters is 1. The maximum Gasteiger partial charge on any atom is 0.318 e. The predicted molar refractivity (Wildman–Crippen MR) is 99.9 cm³/mol. The minimum atomic E-state index is -1.13. The summed E-state index contributed by atoms with van der Waals surface area (Å²) in [6.45, 7) is 0.0591. The Hall–Kier alpha value is -2.90. The number of hydrogen-bond donors (Lipinski definition) is 1. The number of ether oxygens (including phenoxy) is 3. The van der Waals surface area contributed by atoms with Gasteiger partial charge in [0.2, 0.25) is 0 Å². The molecule has 146 valence electrons. The zero-order chi connectivity index (χ0) is 19.8. The van der Waals surface area contributed by atoms with Crippen molar-refractivity contribution in [1.82, 2.24) is 0 Å². The molecule has 1 fully saturated rings. The molecule has 2 aromatic carbocycles. The molecule has 8 nitrogen and oxygen atoms in total. The fourth-order valence-electron chi connectivity index (χ4n) is 3.02. The van der Waals surface area contributed by atoms with Crippen molar-refractivity contribution in [2.24, 2.45) is 5.11 Å². The SMILES string of the molecule is [N-]=[N+]=N[C@H]1C(=O)O[C@H]([C@@H](CO)OCc2ccccc2)[C@H]1OCc1ccccc1. The first-order valence-corrected chi connectivity index (χ1v) is 8.89. The molecule has 0 amide bonds. The van der Waals surface area contributed by atoms with Crippen LogP contribution in [0, 0.1) is 0 Å². The summed E-state index contributed by atoms with van der Waals surface area (Å²) in [6, 6.07) is 17.7. The van der Waals surface area contributed by atoms with Crippen LogP contribution < -0.4 is 0 Å². The van der Waals surface area contributed by atoms with Crippen molar-refractivity contribution >= 4 is 5.97 Å². The molecule has 1 N–H and O–H groups in total. The summed E-state index contributed by atoms with van der Waals surface area (Å²) in [5.41, 5.74) is 10.6. The number of hydrogen-bond acceptors (Lipinski definition) is 6. The Morgan fingerprint density at radius 1 is 1.07 bits per heavy atom. The lowest BCUT2D eigenvalue weighted by molar-refractivity contribution is -0.155. The number of cyclic esters (lactones) is 1. The summed E-state index contributed by atoms with van der Waals surface area (Å²) in [6.07, 6.45) is -2.57. The van der Waals surface area contributed by atoms with Gasteiger partial charge in [0.15, 0.2) is 12.1 Å². The monoisotopic (exact) mass is 383 g/mol. The Morgan fingerprint density at radius 2 is 1.68 bits per heavy atom. The van der Waals surface area contributed by atoms with Crippen molar-refractivity contribution in [3.8, 4) is 0 Å². The normalized spacial score (nSPS) is 22.3. The van der Waals surface area contributed by atoms with Crippen LogP contribution in [0.25, 0.3) is 10.4 Å². The topological polar surface area (TPSA) is 114 Å². The summed E-state index contributed by atoms with van der Waals surface area (Å²) in [5, 5.41) is 13.3. The lowest BCUT2D eigenvalue weighted by Gasteiger charge is -2.26. The standard InChI is InChI=1S/C20H21N3O5/c21-23-22-17-19(27-13-15-9-5-2-6-10-15)18(28-20(17)25)16(11-24)26-12-14-7-3-1-4-8-14/h1-10,16-19,24H,11-13H2/t16-,17-,18-,19+/m1/s1. The fourth-order valence-corrected chi connectivity index (χ4v) is 3.02. The summed E-state index contributed by atoms with van der Waals surface area (Å²) < 4.78 is 17.0. The van der Waals surface area contributed by atoms with Crippen LogP contribution in [-0.4, -0.2) is 42.0 Å². The average molecular weight is 383 g/mol. The van der Waals surface area contributed by atoms with E-state index in [1.54, 1.807) is 0 Å². The largest absolute Gasteiger partial charge is 0.456 e. The highest BCUT2D eigenvalue weighted by atomic mass is 16.6. The molecule has 0 bridgehead atoms. The summed E-state index contributed by atoms with van der Waals surface area (Å²) in [5.74, 6) is -0.692. The van der Waals surface area contributed by atoms with E-state index in [1.165, 1.54) is 0 Å². The van der Waals surface area contributed by atoms with E-state index in [0.29, 0.717) is 0 Å². The van der Waals surface area contributed by atoms with Gasteiger partial charge in [-0.15, -0.1) is 0 Å². The molecule has 0 spiro atoms. The van der Waals surface area contributed by atoms with Crippen molar-refractivity contribution in [2.45, 2.75) is 37.6 Å². The third-order valence-electron chi connectivity index (χ3n) is 4.44. The summed E-state index contributed by atoms with van der Waals surface area (Å²) in [7, 11) is 0.